The topological polar surface area (TPSA) is 149 Å². The Labute approximate surface area is 255 Å². The molecule has 0 saturated carbocycles. The van der Waals surface area contributed by atoms with Gasteiger partial charge in [-0.25, -0.2) is 13.9 Å². The molecule has 1 fully saturated rings. The van der Waals surface area contributed by atoms with Crippen LogP contribution in [0.2, 0.25) is 0 Å². The van der Waals surface area contributed by atoms with E-state index in [1.807, 2.05) is 6.08 Å². The van der Waals surface area contributed by atoms with Crippen LogP contribution in [0.5, 0.6) is 5.75 Å². The van der Waals surface area contributed by atoms with Gasteiger partial charge in [0.1, 0.15) is 11.1 Å². The quantitative estimate of drug-likeness (QED) is 0.220. The fourth-order valence-electron chi connectivity index (χ4n) is 5.50. The molecule has 2 aromatic carbocycles. The van der Waals surface area contributed by atoms with Crippen molar-refractivity contribution >= 4 is 27.2 Å². The van der Waals surface area contributed by atoms with Crippen LogP contribution in [-0.4, -0.2) is 73.4 Å². The van der Waals surface area contributed by atoms with E-state index in [4.69, 9.17) is 5.26 Å². The molecule has 0 aliphatic carbocycles. The number of nitrogens with one attached hydrogen (secondary N) is 2. The fourth-order valence-corrected chi connectivity index (χ4v) is 7.67. The van der Waals surface area contributed by atoms with Crippen molar-refractivity contribution in [1.29, 1.82) is 5.26 Å². The van der Waals surface area contributed by atoms with Crippen LogP contribution in [0.4, 0.5) is 22.0 Å². The minimum Gasteiger partial charge on any atom is -0.426 e. The summed E-state index contributed by atoms with van der Waals surface area (Å²) >= 11 is 0. The third-order valence-electron chi connectivity index (χ3n) is 7.96. The number of amides is 2. The molecular formula is C29H29F5N4O6S. The zero-order valence-electron chi connectivity index (χ0n) is 23.8. The molecule has 45 heavy (non-hydrogen) atoms. The van der Waals surface area contributed by atoms with Crippen LogP contribution in [0.25, 0.3) is 5.57 Å². The lowest BCUT2D eigenvalue weighted by Gasteiger charge is -2.40. The second-order valence-corrected chi connectivity index (χ2v) is 13.1. The summed E-state index contributed by atoms with van der Waals surface area (Å²) in [5.41, 5.74) is 2.40. The lowest BCUT2D eigenvalue weighted by Crippen LogP contribution is -2.54. The van der Waals surface area contributed by atoms with Gasteiger partial charge in [0.2, 0.25) is 0 Å². The van der Waals surface area contributed by atoms with Gasteiger partial charge in [-0.3, -0.25) is 20.1 Å². The highest BCUT2D eigenvalue weighted by Crippen LogP contribution is 2.39. The largest absolute Gasteiger partial charge is 0.499 e. The molecule has 1 saturated heterocycles. The highest BCUT2D eigenvalue weighted by atomic mass is 32.2. The molecule has 2 aliphatic heterocycles. The Balaban J connectivity index is 1.47. The second kappa shape index (κ2) is 12.7. The van der Waals surface area contributed by atoms with Crippen molar-refractivity contribution in [2.24, 2.45) is 5.41 Å². The molecule has 2 aliphatic rings. The zero-order chi connectivity index (χ0) is 33.2. The van der Waals surface area contributed by atoms with Gasteiger partial charge in [0.05, 0.1) is 22.8 Å². The van der Waals surface area contributed by atoms with E-state index < -0.39 is 56.2 Å². The summed E-state index contributed by atoms with van der Waals surface area (Å²) in [5.74, 6) is -3.29. The molecule has 1 atom stereocenters. The minimum atomic E-state index is -5.98. The first-order chi connectivity index (χ1) is 21.0. The van der Waals surface area contributed by atoms with Crippen molar-refractivity contribution < 1.29 is 49.9 Å². The van der Waals surface area contributed by atoms with Gasteiger partial charge in [-0.15, -0.1) is 0 Å². The summed E-state index contributed by atoms with van der Waals surface area (Å²) in [5, 5.41) is 20.5. The molecule has 3 N–H and O–H groups in total. The lowest BCUT2D eigenvalue weighted by atomic mass is 9.79. The summed E-state index contributed by atoms with van der Waals surface area (Å²) in [7, 11) is -4.05. The number of hydrogen-bond donors (Lipinski definition) is 3. The van der Waals surface area contributed by atoms with E-state index in [0.29, 0.717) is 5.56 Å². The number of aryl methyl sites for hydroxylation is 1. The smallest absolute Gasteiger partial charge is 0.426 e. The molecule has 0 bridgehead atoms. The van der Waals surface area contributed by atoms with Crippen molar-refractivity contribution in [3.63, 3.8) is 0 Å². The molecular weight excluding hydrogens is 627 g/mol. The molecule has 2 aromatic rings. The number of halogens is 5. The Morgan fingerprint density at radius 2 is 1.84 bits per heavy atom. The summed E-state index contributed by atoms with van der Waals surface area (Å²) in [4.78, 5) is 27.2. The molecule has 0 radical (unpaired) electrons. The van der Waals surface area contributed by atoms with Gasteiger partial charge in [-0.05, 0) is 66.8 Å². The number of carbonyl (C=O) groups is 2. The zero-order valence-corrected chi connectivity index (χ0v) is 24.6. The third-order valence-corrected chi connectivity index (χ3v) is 10.1. The molecule has 4 rings (SSSR count). The first kappa shape index (κ1) is 33.8. The monoisotopic (exact) mass is 656 g/mol. The number of benzene rings is 2. The SMILES string of the molecule is Cc1cc(C#N)ccc1C1=CCNC(S(=O)(=O)CC2(C(=O)NO)CCN(C(=O)c3cccc(OC(F)(F)C(F)(F)F)c3)CC2)C1. The minimum absolute atomic E-state index is 0.0717. The average molecular weight is 657 g/mol. The van der Waals surface area contributed by atoms with Crippen molar-refractivity contribution in [3.8, 4) is 11.8 Å². The molecule has 242 valence electrons. The Hall–Kier alpha value is -4.07. The van der Waals surface area contributed by atoms with Crippen molar-refractivity contribution in [3.05, 3.63) is 70.8 Å². The first-order valence-corrected chi connectivity index (χ1v) is 15.4. The standard InChI is InChI=1S/C29H29F5N4O6S/c1-18-13-19(16-35)5-6-23(18)20-7-10-36-24(15-20)45(42,43)17-27(26(40)37-41)8-11-38(12-9-27)25(39)21-3-2-4-22(14-21)44-29(33,34)28(30,31)32/h2-7,13-14,24,36,41H,8-12,15,17H2,1H3,(H,37,40). The van der Waals surface area contributed by atoms with Gasteiger partial charge >= 0.3 is 12.3 Å². The third kappa shape index (κ3) is 7.26. The maximum Gasteiger partial charge on any atom is 0.499 e. The number of carbonyl (C=O) groups excluding carboxylic acids is 2. The van der Waals surface area contributed by atoms with Crippen LogP contribution >= 0.6 is 0 Å². The average Bonchev–Trinajstić information content (AvgIpc) is 2.99. The van der Waals surface area contributed by atoms with E-state index in [1.54, 1.807) is 25.1 Å². The number of hydrogen-bond acceptors (Lipinski definition) is 8. The second-order valence-electron chi connectivity index (χ2n) is 10.9. The van der Waals surface area contributed by atoms with E-state index >= 15 is 0 Å². The van der Waals surface area contributed by atoms with Crippen LogP contribution in [0.1, 0.15) is 46.3 Å². The number of piperidine rings is 1. The van der Waals surface area contributed by atoms with Crippen LogP contribution in [0.15, 0.2) is 48.5 Å². The summed E-state index contributed by atoms with van der Waals surface area (Å²) in [6, 6.07) is 10.9. The summed E-state index contributed by atoms with van der Waals surface area (Å²) in [6.45, 7) is 1.66. The number of rotatable bonds is 8. The predicted octanol–water partition coefficient (Wildman–Crippen LogP) is 3.95. The fraction of sp³-hybridized carbons (Fsp3) is 0.414. The number of hydroxylamine groups is 1. The van der Waals surface area contributed by atoms with Crippen LogP contribution < -0.4 is 15.5 Å². The van der Waals surface area contributed by atoms with Gasteiger partial charge in [0, 0.05) is 31.6 Å². The van der Waals surface area contributed by atoms with Crippen molar-refractivity contribution in [1.82, 2.24) is 15.7 Å². The summed E-state index contributed by atoms with van der Waals surface area (Å²) in [6.07, 6.45) is -9.96. The van der Waals surface area contributed by atoms with Gasteiger partial charge < -0.3 is 9.64 Å². The van der Waals surface area contributed by atoms with Crippen LogP contribution in [-0.2, 0) is 14.6 Å². The Bertz CT molecular complexity index is 1650. The van der Waals surface area contributed by atoms with E-state index in [0.717, 1.165) is 34.9 Å². The Morgan fingerprint density at radius 3 is 2.44 bits per heavy atom. The molecule has 16 heteroatoms. The number of alkyl halides is 5. The maximum absolute atomic E-state index is 13.7. The molecule has 0 spiro atoms. The van der Waals surface area contributed by atoms with E-state index in [2.05, 4.69) is 16.1 Å². The normalized spacial score (nSPS) is 18.8. The van der Waals surface area contributed by atoms with Crippen LogP contribution in [0, 0.1) is 23.7 Å². The number of likely N-dealkylation sites (tertiary alicyclic amines) is 1. The molecule has 2 amide bonds. The predicted molar refractivity (Wildman–Crippen MR) is 150 cm³/mol. The highest BCUT2D eigenvalue weighted by molar-refractivity contribution is 7.92. The van der Waals surface area contributed by atoms with Crippen LogP contribution in [0.3, 0.4) is 0 Å². The highest BCUT2D eigenvalue weighted by Gasteiger charge is 2.61. The van der Waals surface area contributed by atoms with Gasteiger partial charge in [0.15, 0.2) is 9.84 Å². The van der Waals surface area contributed by atoms with Gasteiger partial charge in [-0.2, -0.15) is 27.2 Å². The Kier molecular flexibility index (Phi) is 9.57. The van der Waals surface area contributed by atoms with Crippen molar-refractivity contribution in [2.45, 2.75) is 43.8 Å². The van der Waals surface area contributed by atoms with E-state index in [1.165, 1.54) is 16.4 Å². The summed E-state index contributed by atoms with van der Waals surface area (Å²) < 4.78 is 95.5. The van der Waals surface area contributed by atoms with Gasteiger partial charge in [-0.1, -0.05) is 18.2 Å². The van der Waals surface area contributed by atoms with Crippen molar-refractivity contribution in [2.75, 3.05) is 25.4 Å². The van der Waals surface area contributed by atoms with E-state index in [9.17, 15) is 45.2 Å². The number of nitriles is 1. The number of sulfone groups is 1. The van der Waals surface area contributed by atoms with Gasteiger partial charge in [0.25, 0.3) is 11.8 Å². The first-order valence-electron chi connectivity index (χ1n) is 13.6. The number of ether oxygens (including phenoxy) is 1. The van der Waals surface area contributed by atoms with E-state index in [-0.39, 0.29) is 44.5 Å². The lowest BCUT2D eigenvalue weighted by molar-refractivity contribution is -0.360. The molecule has 0 aromatic heterocycles. The molecule has 1 unspecified atom stereocenters. The molecule has 10 nitrogen and oxygen atoms in total. The molecule has 2 heterocycles. The Morgan fingerprint density at radius 1 is 1.16 bits per heavy atom. The number of nitrogens with zero attached hydrogens (tertiary/aromatic N) is 2. The maximum atomic E-state index is 13.7.